The summed E-state index contributed by atoms with van der Waals surface area (Å²) >= 11 is 0. The molecule has 3 N–H and O–H groups in total. The Balaban J connectivity index is 1.27. The van der Waals surface area contributed by atoms with Crippen molar-refractivity contribution in [2.75, 3.05) is 41.8 Å². The van der Waals surface area contributed by atoms with Gasteiger partial charge in [0.05, 0.1) is 5.52 Å². The van der Waals surface area contributed by atoms with Gasteiger partial charge in [-0.15, -0.1) is 0 Å². The third-order valence-corrected chi connectivity index (χ3v) is 6.13. The molecule has 2 aliphatic heterocycles. The average molecular weight is 454 g/mol. The number of aromatic nitrogens is 3. The van der Waals surface area contributed by atoms with Gasteiger partial charge in [-0.1, -0.05) is 12.1 Å². The van der Waals surface area contributed by atoms with Crippen molar-refractivity contribution >= 4 is 39.9 Å². The van der Waals surface area contributed by atoms with Gasteiger partial charge >= 0.3 is 6.03 Å². The Hall–Kier alpha value is -4.40. The van der Waals surface area contributed by atoms with Crippen molar-refractivity contribution in [2.24, 2.45) is 0 Å². The van der Waals surface area contributed by atoms with E-state index < -0.39 is 0 Å². The number of amides is 2. The maximum Gasteiger partial charge on any atom is 0.321 e. The van der Waals surface area contributed by atoms with Crippen LogP contribution in [0, 0.1) is 6.92 Å². The maximum atomic E-state index is 11.9. The number of nitrogens with one attached hydrogen (secondary N) is 3. The Morgan fingerprint density at radius 3 is 2.74 bits per heavy atom. The van der Waals surface area contributed by atoms with Crippen LogP contribution in [0.4, 0.5) is 27.8 Å². The van der Waals surface area contributed by atoms with Gasteiger partial charge in [0.1, 0.15) is 12.3 Å². The van der Waals surface area contributed by atoms with Gasteiger partial charge in [-0.3, -0.25) is 4.90 Å². The highest BCUT2D eigenvalue weighted by molar-refractivity contribution is 5.94. The zero-order valence-corrected chi connectivity index (χ0v) is 18.6. The first kappa shape index (κ1) is 20.2. The van der Waals surface area contributed by atoms with Gasteiger partial charge in [-0.25, -0.2) is 19.7 Å². The second-order valence-corrected chi connectivity index (χ2v) is 8.27. The average Bonchev–Trinajstić information content (AvgIpc) is 3.30. The smallest absolute Gasteiger partial charge is 0.321 e. The number of rotatable bonds is 4. The summed E-state index contributed by atoms with van der Waals surface area (Å²) in [7, 11) is 0. The highest BCUT2D eigenvalue weighted by atomic mass is 16.5. The molecule has 1 fully saturated rings. The number of nitrogens with zero attached hydrogens (tertiary/aromatic N) is 4. The standard InChI is InChI=1S/C25H23N7O2/c1-15-20(14-28-23-22(15)26-9-11-34-23)16-2-3-17-13-29-24(31-21(17)12-16)30-18-4-6-19(7-5-18)32-10-8-27-25(32)33/h2-7,12-14,26H,8-11H2,1H3,(H,27,33)(H,29,30,31). The largest absolute Gasteiger partial charge is 0.474 e. The van der Waals surface area contributed by atoms with Gasteiger partial charge in [0.15, 0.2) is 0 Å². The molecule has 9 nitrogen and oxygen atoms in total. The molecule has 6 rings (SSSR count). The summed E-state index contributed by atoms with van der Waals surface area (Å²) in [5.41, 5.74) is 6.66. The fraction of sp³-hybridized carbons (Fsp3) is 0.200. The third kappa shape index (κ3) is 3.61. The van der Waals surface area contributed by atoms with E-state index in [0.717, 1.165) is 51.2 Å². The fourth-order valence-corrected chi connectivity index (χ4v) is 4.33. The van der Waals surface area contributed by atoms with Crippen molar-refractivity contribution in [1.29, 1.82) is 0 Å². The number of hydrogen-bond donors (Lipinski definition) is 3. The number of hydrogen-bond acceptors (Lipinski definition) is 7. The van der Waals surface area contributed by atoms with E-state index in [0.29, 0.717) is 31.5 Å². The monoisotopic (exact) mass is 453 g/mol. The lowest BCUT2D eigenvalue weighted by molar-refractivity contribution is 0.252. The van der Waals surface area contributed by atoms with Crippen LogP contribution in [0.15, 0.2) is 54.9 Å². The van der Waals surface area contributed by atoms with Gasteiger partial charge in [0, 0.05) is 54.4 Å². The van der Waals surface area contributed by atoms with E-state index in [1.807, 2.05) is 42.7 Å². The van der Waals surface area contributed by atoms with E-state index >= 15 is 0 Å². The number of urea groups is 1. The zero-order valence-electron chi connectivity index (χ0n) is 18.6. The van der Waals surface area contributed by atoms with Crippen molar-refractivity contribution in [3.8, 4) is 17.0 Å². The minimum absolute atomic E-state index is 0.0675. The molecule has 2 aromatic heterocycles. The quantitative estimate of drug-likeness (QED) is 0.428. The van der Waals surface area contributed by atoms with Gasteiger partial charge in [0.2, 0.25) is 11.8 Å². The Morgan fingerprint density at radius 2 is 1.91 bits per heavy atom. The number of carbonyl (C=O) groups is 1. The minimum Gasteiger partial charge on any atom is -0.474 e. The van der Waals surface area contributed by atoms with Crippen molar-refractivity contribution in [3.63, 3.8) is 0 Å². The van der Waals surface area contributed by atoms with Crippen LogP contribution < -0.4 is 25.6 Å². The van der Waals surface area contributed by atoms with Crippen molar-refractivity contribution in [2.45, 2.75) is 6.92 Å². The van der Waals surface area contributed by atoms with Crippen molar-refractivity contribution in [1.82, 2.24) is 20.3 Å². The summed E-state index contributed by atoms with van der Waals surface area (Å²) in [5.74, 6) is 1.16. The summed E-state index contributed by atoms with van der Waals surface area (Å²) in [6, 6.07) is 13.7. The first-order chi connectivity index (χ1) is 16.7. The molecule has 1 saturated heterocycles. The molecule has 0 saturated carbocycles. The normalized spacial score (nSPS) is 14.9. The number of ether oxygens (including phenoxy) is 1. The SMILES string of the molecule is Cc1c(-c2ccc3cnc(Nc4ccc(N5CCNC5=O)cc4)nc3c2)cnc2c1NCCO2. The van der Waals surface area contributed by atoms with Crippen LogP contribution in [0.5, 0.6) is 5.88 Å². The lowest BCUT2D eigenvalue weighted by Crippen LogP contribution is -2.27. The molecule has 0 atom stereocenters. The van der Waals surface area contributed by atoms with E-state index in [1.54, 1.807) is 4.90 Å². The van der Waals surface area contributed by atoms with Crippen LogP contribution in [0.25, 0.3) is 22.0 Å². The van der Waals surface area contributed by atoms with Crippen LogP contribution in [0.2, 0.25) is 0 Å². The molecule has 0 radical (unpaired) electrons. The molecule has 2 amide bonds. The third-order valence-electron chi connectivity index (χ3n) is 6.13. The minimum atomic E-state index is -0.0675. The van der Waals surface area contributed by atoms with Crippen LogP contribution in [-0.4, -0.2) is 47.2 Å². The molecule has 4 aromatic rings. The first-order valence-corrected chi connectivity index (χ1v) is 11.2. The predicted octanol–water partition coefficient (Wildman–Crippen LogP) is 4.08. The molecular formula is C25H23N7O2. The van der Waals surface area contributed by atoms with E-state index in [9.17, 15) is 4.79 Å². The molecule has 170 valence electrons. The van der Waals surface area contributed by atoms with Crippen molar-refractivity contribution in [3.05, 3.63) is 60.4 Å². The Bertz CT molecular complexity index is 1400. The summed E-state index contributed by atoms with van der Waals surface area (Å²) in [4.78, 5) is 27.3. The summed E-state index contributed by atoms with van der Waals surface area (Å²) in [5, 5.41) is 10.4. The second kappa shape index (κ2) is 8.18. The van der Waals surface area contributed by atoms with Gasteiger partial charge in [-0.2, -0.15) is 0 Å². The Kier molecular flexibility index (Phi) is 4.87. The van der Waals surface area contributed by atoms with E-state index in [1.165, 1.54) is 0 Å². The predicted molar refractivity (Wildman–Crippen MR) is 132 cm³/mol. The maximum absolute atomic E-state index is 11.9. The number of anilines is 4. The molecule has 9 heteroatoms. The Morgan fingerprint density at radius 1 is 1.03 bits per heavy atom. The highest BCUT2D eigenvalue weighted by Gasteiger charge is 2.21. The molecule has 0 aliphatic carbocycles. The molecule has 0 bridgehead atoms. The molecule has 4 heterocycles. The van der Waals surface area contributed by atoms with Crippen LogP contribution >= 0.6 is 0 Å². The molecular weight excluding hydrogens is 430 g/mol. The topological polar surface area (TPSA) is 104 Å². The van der Waals surface area contributed by atoms with E-state index in [4.69, 9.17) is 9.72 Å². The molecule has 0 spiro atoms. The van der Waals surface area contributed by atoms with Crippen molar-refractivity contribution < 1.29 is 9.53 Å². The molecule has 34 heavy (non-hydrogen) atoms. The van der Waals surface area contributed by atoms with Crippen LogP contribution in [0.3, 0.4) is 0 Å². The van der Waals surface area contributed by atoms with Crippen LogP contribution in [0.1, 0.15) is 5.56 Å². The second-order valence-electron chi connectivity index (χ2n) is 8.27. The van der Waals surface area contributed by atoms with Crippen LogP contribution in [-0.2, 0) is 0 Å². The van der Waals surface area contributed by atoms with Gasteiger partial charge in [-0.05, 0) is 48.4 Å². The van der Waals surface area contributed by atoms with E-state index in [-0.39, 0.29) is 6.03 Å². The Labute approximate surface area is 196 Å². The summed E-state index contributed by atoms with van der Waals surface area (Å²) < 4.78 is 5.65. The van der Waals surface area contributed by atoms with Gasteiger partial charge < -0.3 is 20.7 Å². The number of benzene rings is 2. The molecule has 2 aromatic carbocycles. The molecule has 2 aliphatic rings. The summed E-state index contributed by atoms with van der Waals surface area (Å²) in [6.07, 6.45) is 3.66. The highest BCUT2D eigenvalue weighted by Crippen LogP contribution is 2.36. The zero-order chi connectivity index (χ0) is 23.1. The summed E-state index contributed by atoms with van der Waals surface area (Å²) in [6.45, 7) is 4.80. The fourth-order valence-electron chi connectivity index (χ4n) is 4.33. The lowest BCUT2D eigenvalue weighted by atomic mass is 10.00. The first-order valence-electron chi connectivity index (χ1n) is 11.2. The lowest BCUT2D eigenvalue weighted by Gasteiger charge is -2.21. The number of pyridine rings is 1. The van der Waals surface area contributed by atoms with E-state index in [2.05, 4.69) is 45.0 Å². The molecule has 0 unspecified atom stereocenters. The number of carbonyl (C=O) groups excluding carboxylic acids is 1. The number of fused-ring (bicyclic) bond motifs is 2. The van der Waals surface area contributed by atoms with Gasteiger partial charge in [0.25, 0.3) is 0 Å².